The summed E-state index contributed by atoms with van der Waals surface area (Å²) in [6.45, 7) is 4.28. The summed E-state index contributed by atoms with van der Waals surface area (Å²) in [5.74, 6) is 0. The Bertz CT molecular complexity index is 752. The van der Waals surface area contributed by atoms with E-state index in [0.717, 1.165) is 9.86 Å². The van der Waals surface area contributed by atoms with E-state index in [1.165, 1.54) is 4.68 Å². The molecule has 0 aliphatic heterocycles. The highest BCUT2D eigenvalue weighted by molar-refractivity contribution is 9.10. The van der Waals surface area contributed by atoms with E-state index in [9.17, 15) is 9.36 Å². The van der Waals surface area contributed by atoms with E-state index < -0.39 is 7.60 Å². The third-order valence-electron chi connectivity index (χ3n) is 3.05. The van der Waals surface area contributed by atoms with Gasteiger partial charge >= 0.3 is 7.60 Å². The van der Waals surface area contributed by atoms with Crippen molar-refractivity contribution in [3.05, 3.63) is 39.2 Å². The molecular weight excluding hydrogens is 371 g/mol. The molecule has 0 radical (unpaired) electrons. The second-order valence-electron chi connectivity index (χ2n) is 4.57. The van der Waals surface area contributed by atoms with E-state index >= 15 is 0 Å². The Morgan fingerprint density at radius 2 is 1.95 bits per heavy atom. The molecule has 0 saturated carbocycles. The Morgan fingerprint density at radius 1 is 1.27 bits per heavy atom. The highest BCUT2D eigenvalue weighted by Gasteiger charge is 2.23. The Hall–Kier alpha value is -1.01. The average molecular weight is 389 g/mol. The number of fused-ring (bicyclic) bond motifs is 1. The predicted octanol–water partition coefficient (Wildman–Crippen LogP) is 3.43. The van der Waals surface area contributed by atoms with Crippen LogP contribution < -0.4 is 5.56 Å². The van der Waals surface area contributed by atoms with Crippen molar-refractivity contribution >= 4 is 34.3 Å². The maximum Gasteiger partial charge on any atom is 0.332 e. The van der Waals surface area contributed by atoms with Gasteiger partial charge < -0.3 is 9.05 Å². The van der Waals surface area contributed by atoms with Gasteiger partial charge in [0.2, 0.25) is 0 Å². The van der Waals surface area contributed by atoms with Crippen LogP contribution in [0.4, 0.5) is 0 Å². The van der Waals surface area contributed by atoms with Crippen molar-refractivity contribution in [1.29, 1.82) is 0 Å². The van der Waals surface area contributed by atoms with Gasteiger partial charge in [0, 0.05) is 9.86 Å². The van der Waals surface area contributed by atoms with Crippen LogP contribution in [0.2, 0.25) is 0 Å². The van der Waals surface area contributed by atoms with Crippen molar-refractivity contribution in [1.82, 2.24) is 9.78 Å². The summed E-state index contributed by atoms with van der Waals surface area (Å²) in [6, 6.07) is 5.38. The predicted molar refractivity (Wildman–Crippen MR) is 89.4 cm³/mol. The molecule has 2 rings (SSSR count). The van der Waals surface area contributed by atoms with Crippen molar-refractivity contribution in [3.8, 4) is 0 Å². The first-order valence-electron chi connectivity index (χ1n) is 7.02. The molecule has 1 heterocycles. The molecule has 120 valence electrons. The summed E-state index contributed by atoms with van der Waals surface area (Å²) < 4.78 is 25.0. The average Bonchev–Trinajstić information content (AvgIpc) is 2.47. The fourth-order valence-corrected chi connectivity index (χ4v) is 4.03. The summed E-state index contributed by atoms with van der Waals surface area (Å²) >= 11 is 3.36. The minimum Gasteiger partial charge on any atom is -0.309 e. The maximum absolute atomic E-state index is 12.4. The second-order valence-corrected chi connectivity index (χ2v) is 7.68. The monoisotopic (exact) mass is 388 g/mol. The third kappa shape index (κ3) is 4.04. The molecule has 0 unspecified atom stereocenters. The molecule has 0 amide bonds. The van der Waals surface area contributed by atoms with Crippen LogP contribution in [0.3, 0.4) is 0 Å². The van der Waals surface area contributed by atoms with Crippen LogP contribution in [-0.2, 0) is 20.2 Å². The molecule has 1 aromatic heterocycles. The van der Waals surface area contributed by atoms with Gasteiger partial charge in [0.25, 0.3) is 5.56 Å². The summed E-state index contributed by atoms with van der Waals surface area (Å²) in [6.07, 6.45) is 1.73. The van der Waals surface area contributed by atoms with Crippen LogP contribution in [0.25, 0.3) is 10.8 Å². The van der Waals surface area contributed by atoms with Gasteiger partial charge in [-0.1, -0.05) is 15.9 Å². The van der Waals surface area contributed by atoms with Crippen LogP contribution >= 0.6 is 23.5 Å². The van der Waals surface area contributed by atoms with Gasteiger partial charge in [-0.15, -0.1) is 0 Å². The van der Waals surface area contributed by atoms with E-state index in [0.29, 0.717) is 18.6 Å². The number of hydrogen-bond donors (Lipinski definition) is 0. The lowest BCUT2D eigenvalue weighted by atomic mass is 10.2. The van der Waals surface area contributed by atoms with Gasteiger partial charge in [0.15, 0.2) is 0 Å². The van der Waals surface area contributed by atoms with E-state index in [-0.39, 0.29) is 18.3 Å². The van der Waals surface area contributed by atoms with Gasteiger partial charge in [-0.2, -0.15) is 5.10 Å². The van der Waals surface area contributed by atoms with Crippen molar-refractivity contribution < 1.29 is 13.6 Å². The van der Waals surface area contributed by atoms with E-state index in [4.69, 9.17) is 9.05 Å². The molecule has 0 aliphatic carbocycles. The zero-order valence-corrected chi connectivity index (χ0v) is 15.0. The second kappa shape index (κ2) is 7.51. The molecule has 0 bridgehead atoms. The lowest BCUT2D eigenvalue weighted by molar-refractivity contribution is 0.218. The SMILES string of the molecule is CCOP(=O)(CCn1ncc2cc(Br)ccc2c1=O)OCC. The number of halogens is 1. The lowest BCUT2D eigenvalue weighted by Gasteiger charge is -2.17. The Morgan fingerprint density at radius 3 is 2.59 bits per heavy atom. The summed E-state index contributed by atoms with van der Waals surface area (Å²) in [5, 5.41) is 5.45. The number of rotatable bonds is 7. The molecule has 0 aliphatic rings. The third-order valence-corrected chi connectivity index (χ3v) is 5.60. The molecular formula is C14H18BrN2O4P. The first kappa shape index (κ1) is 17.3. The molecule has 22 heavy (non-hydrogen) atoms. The molecule has 0 saturated heterocycles. The molecule has 2 aromatic rings. The van der Waals surface area contributed by atoms with Gasteiger partial charge in [0.1, 0.15) is 0 Å². The van der Waals surface area contributed by atoms with Crippen LogP contribution in [0.1, 0.15) is 13.8 Å². The molecule has 6 nitrogen and oxygen atoms in total. The largest absolute Gasteiger partial charge is 0.332 e. The van der Waals surface area contributed by atoms with Gasteiger partial charge in [0.05, 0.1) is 37.5 Å². The standard InChI is InChI=1S/C14H18BrN2O4P/c1-3-20-22(19,21-4-2)8-7-17-14(18)13-6-5-12(15)9-11(13)10-16-17/h5-6,9-10H,3-4,7-8H2,1-2H3. The van der Waals surface area contributed by atoms with Crippen molar-refractivity contribution in [3.63, 3.8) is 0 Å². The molecule has 8 heteroatoms. The smallest absolute Gasteiger partial charge is 0.309 e. The van der Waals surface area contributed by atoms with Gasteiger partial charge in [-0.05, 0) is 32.0 Å². The van der Waals surface area contributed by atoms with Crippen LogP contribution in [0.15, 0.2) is 33.7 Å². The van der Waals surface area contributed by atoms with E-state index in [2.05, 4.69) is 21.0 Å². The fraction of sp³-hybridized carbons (Fsp3) is 0.429. The quantitative estimate of drug-likeness (QED) is 0.679. The Kier molecular flexibility index (Phi) is 5.92. The van der Waals surface area contributed by atoms with Gasteiger partial charge in [-0.3, -0.25) is 9.36 Å². The minimum absolute atomic E-state index is 0.115. The van der Waals surface area contributed by atoms with Crippen LogP contribution in [0, 0.1) is 0 Å². The normalized spacial score (nSPS) is 12.0. The van der Waals surface area contributed by atoms with Crippen molar-refractivity contribution in [2.24, 2.45) is 0 Å². The first-order chi connectivity index (χ1) is 10.5. The maximum atomic E-state index is 12.4. The van der Waals surface area contributed by atoms with Crippen molar-refractivity contribution in [2.75, 3.05) is 19.4 Å². The van der Waals surface area contributed by atoms with E-state index in [1.54, 1.807) is 32.2 Å². The Balaban J connectivity index is 2.25. The number of hydrogen-bond acceptors (Lipinski definition) is 5. The number of aryl methyl sites for hydroxylation is 1. The van der Waals surface area contributed by atoms with Crippen LogP contribution in [-0.4, -0.2) is 29.2 Å². The van der Waals surface area contributed by atoms with Crippen LogP contribution in [0.5, 0.6) is 0 Å². The number of nitrogens with zero attached hydrogens (tertiary/aromatic N) is 2. The number of benzene rings is 1. The summed E-state index contributed by atoms with van der Waals surface area (Å²) in [4.78, 5) is 12.4. The minimum atomic E-state index is -3.18. The summed E-state index contributed by atoms with van der Waals surface area (Å²) in [7, 11) is -3.18. The molecule has 1 aromatic carbocycles. The summed E-state index contributed by atoms with van der Waals surface area (Å²) in [5.41, 5.74) is -0.218. The zero-order chi connectivity index (χ0) is 16.2. The first-order valence-corrected chi connectivity index (χ1v) is 9.54. The highest BCUT2D eigenvalue weighted by atomic mass is 79.9. The highest BCUT2D eigenvalue weighted by Crippen LogP contribution is 2.47. The Labute approximate surface area is 137 Å². The lowest BCUT2D eigenvalue weighted by Crippen LogP contribution is -2.24. The molecule has 0 spiro atoms. The van der Waals surface area contributed by atoms with Crippen molar-refractivity contribution in [2.45, 2.75) is 20.4 Å². The molecule has 0 atom stereocenters. The topological polar surface area (TPSA) is 70.4 Å². The number of aromatic nitrogens is 2. The molecule has 0 N–H and O–H groups in total. The molecule has 0 fully saturated rings. The zero-order valence-electron chi connectivity index (χ0n) is 12.5. The fourth-order valence-electron chi connectivity index (χ4n) is 2.09. The van der Waals surface area contributed by atoms with Gasteiger partial charge in [-0.25, -0.2) is 4.68 Å². The van der Waals surface area contributed by atoms with E-state index in [1.807, 2.05) is 6.07 Å².